The van der Waals surface area contributed by atoms with Crippen LogP contribution in [0.15, 0.2) is 88.4 Å². The fourth-order valence-electron chi connectivity index (χ4n) is 4.72. The molecular formula is C25H21N11S. The molecule has 7 rings (SSSR count). The van der Waals surface area contributed by atoms with Crippen LogP contribution in [0.1, 0.15) is 17.1 Å². The molecule has 182 valence electrons. The van der Waals surface area contributed by atoms with E-state index in [1.54, 1.807) is 12.4 Å². The Bertz CT molecular complexity index is 1570. The molecule has 5 aromatic rings. The summed E-state index contributed by atoms with van der Waals surface area (Å²) in [5.41, 5.74) is 2.04. The number of aromatic nitrogens is 5. The fraction of sp³-hybridized carbons (Fsp3) is 0.120. The van der Waals surface area contributed by atoms with Crippen LogP contribution in [0.5, 0.6) is 0 Å². The summed E-state index contributed by atoms with van der Waals surface area (Å²) in [7, 11) is 0. The summed E-state index contributed by atoms with van der Waals surface area (Å²) in [5, 5.41) is 16.8. The summed E-state index contributed by atoms with van der Waals surface area (Å²) in [6.45, 7) is 1.94. The number of aryl methyl sites for hydroxylation is 1. The van der Waals surface area contributed by atoms with E-state index >= 15 is 0 Å². The predicted octanol–water partition coefficient (Wildman–Crippen LogP) is 2.88. The molecule has 2 atom stereocenters. The van der Waals surface area contributed by atoms with Crippen LogP contribution in [0.25, 0.3) is 11.0 Å². The average molecular weight is 508 g/mol. The summed E-state index contributed by atoms with van der Waals surface area (Å²) < 4.78 is 0. The highest BCUT2D eigenvalue weighted by molar-refractivity contribution is 7.13. The molecule has 11 nitrogen and oxygen atoms in total. The number of H-pyrrole nitrogens is 1. The number of pyridine rings is 2. The van der Waals surface area contributed by atoms with Crippen LogP contribution in [0.2, 0.25) is 0 Å². The monoisotopic (exact) mass is 507 g/mol. The SMILES string of the molecule is Cc1csc(N=C2NC3(c4ccccn4)NC(=Nc4nc5ccccc5[nH]4)NC3(c3ccccn3)N2)n1. The van der Waals surface area contributed by atoms with E-state index in [2.05, 4.69) is 36.2 Å². The van der Waals surface area contributed by atoms with Gasteiger partial charge >= 0.3 is 0 Å². The number of aromatic amines is 1. The maximum atomic E-state index is 4.77. The third-order valence-electron chi connectivity index (χ3n) is 6.29. The van der Waals surface area contributed by atoms with Gasteiger partial charge in [-0.3, -0.25) is 9.97 Å². The van der Waals surface area contributed by atoms with Crippen molar-refractivity contribution in [2.75, 3.05) is 0 Å². The van der Waals surface area contributed by atoms with Gasteiger partial charge in [0.15, 0.2) is 0 Å². The number of hydrogen-bond donors (Lipinski definition) is 5. The quantitative estimate of drug-likeness (QED) is 0.250. The van der Waals surface area contributed by atoms with Crippen molar-refractivity contribution >= 4 is 45.4 Å². The van der Waals surface area contributed by atoms with E-state index in [1.165, 1.54) is 11.3 Å². The fourth-order valence-corrected chi connectivity index (χ4v) is 5.39. The van der Waals surface area contributed by atoms with E-state index in [9.17, 15) is 0 Å². The first kappa shape index (κ1) is 21.4. The minimum Gasteiger partial charge on any atom is -0.324 e. The highest BCUT2D eigenvalue weighted by atomic mass is 32.1. The van der Waals surface area contributed by atoms with Crippen LogP contribution in [-0.4, -0.2) is 36.8 Å². The van der Waals surface area contributed by atoms with Crippen LogP contribution in [-0.2, 0) is 11.3 Å². The summed E-state index contributed by atoms with van der Waals surface area (Å²) in [4.78, 5) is 31.3. The molecule has 37 heavy (non-hydrogen) atoms. The maximum Gasteiger partial charge on any atom is 0.231 e. The lowest BCUT2D eigenvalue weighted by Crippen LogP contribution is -2.61. The Balaban J connectivity index is 1.39. The summed E-state index contributed by atoms with van der Waals surface area (Å²) in [6, 6.07) is 19.3. The molecule has 2 saturated heterocycles. The Morgan fingerprint density at radius 1 is 0.730 bits per heavy atom. The van der Waals surface area contributed by atoms with Crippen molar-refractivity contribution in [3.8, 4) is 0 Å². The Morgan fingerprint density at radius 3 is 1.92 bits per heavy atom. The third kappa shape index (κ3) is 3.41. The van der Waals surface area contributed by atoms with Gasteiger partial charge in [0.25, 0.3) is 0 Å². The lowest BCUT2D eigenvalue weighted by Gasteiger charge is -2.36. The van der Waals surface area contributed by atoms with Gasteiger partial charge in [-0.25, -0.2) is 9.97 Å². The van der Waals surface area contributed by atoms with Crippen molar-refractivity contribution in [1.29, 1.82) is 0 Å². The zero-order valence-electron chi connectivity index (χ0n) is 19.6. The second kappa shape index (κ2) is 8.10. The standard InChI is InChI=1S/C25H21N11S/c1-15-14-37-23(28-15)32-22-35-24(18-10-4-6-12-26-18)25(36-22,19-11-5-7-13-27-19)34-21(33-24)31-20-29-16-8-2-3-9-17(16)30-20/h2-14H,1H3,(H2,28,32,35,36)(H3,29,30,31,33,34). The smallest absolute Gasteiger partial charge is 0.231 e. The molecular weight excluding hydrogens is 486 g/mol. The van der Waals surface area contributed by atoms with Crippen LogP contribution in [0.3, 0.4) is 0 Å². The van der Waals surface area contributed by atoms with E-state index in [1.807, 2.05) is 73.0 Å². The van der Waals surface area contributed by atoms with E-state index in [0.29, 0.717) is 23.0 Å². The zero-order valence-corrected chi connectivity index (χ0v) is 20.4. The van der Waals surface area contributed by atoms with Gasteiger partial charge in [-0.2, -0.15) is 9.98 Å². The normalized spacial score (nSPS) is 22.1. The number of guanidine groups is 2. The molecule has 0 radical (unpaired) electrons. The summed E-state index contributed by atoms with van der Waals surface area (Å²) >= 11 is 1.47. The van der Waals surface area contributed by atoms with E-state index < -0.39 is 11.3 Å². The number of benzene rings is 1. The summed E-state index contributed by atoms with van der Waals surface area (Å²) in [6.07, 6.45) is 3.51. The second-order valence-corrected chi connectivity index (χ2v) is 9.54. The van der Waals surface area contributed by atoms with Gasteiger partial charge in [0, 0.05) is 17.8 Å². The molecule has 0 amide bonds. The third-order valence-corrected chi connectivity index (χ3v) is 7.15. The number of aliphatic imine (C=N–C) groups is 2. The van der Waals surface area contributed by atoms with Gasteiger partial charge in [-0.15, -0.1) is 11.3 Å². The minimum atomic E-state index is -1.03. The first-order chi connectivity index (χ1) is 18.1. The van der Waals surface area contributed by atoms with E-state index in [4.69, 9.17) is 20.0 Å². The van der Waals surface area contributed by atoms with Crippen molar-refractivity contribution in [1.82, 2.24) is 46.2 Å². The molecule has 4 aromatic heterocycles. The molecule has 1 aromatic carbocycles. The van der Waals surface area contributed by atoms with Gasteiger partial charge < -0.3 is 26.3 Å². The predicted molar refractivity (Wildman–Crippen MR) is 142 cm³/mol. The maximum absolute atomic E-state index is 4.77. The Labute approximate surface area is 215 Å². The topological polar surface area (TPSA) is 140 Å². The molecule has 2 aliphatic rings. The summed E-state index contributed by atoms with van der Waals surface area (Å²) in [5.74, 6) is 1.48. The van der Waals surface area contributed by atoms with Crippen molar-refractivity contribution in [2.45, 2.75) is 18.2 Å². The number of nitrogens with zero attached hydrogens (tertiary/aromatic N) is 6. The Hall–Kier alpha value is -4.84. The van der Waals surface area contributed by atoms with Crippen molar-refractivity contribution in [3.63, 3.8) is 0 Å². The van der Waals surface area contributed by atoms with Crippen LogP contribution < -0.4 is 21.3 Å². The molecule has 5 N–H and O–H groups in total. The first-order valence-corrected chi connectivity index (χ1v) is 12.5. The van der Waals surface area contributed by atoms with Crippen LogP contribution >= 0.6 is 11.3 Å². The Morgan fingerprint density at radius 2 is 1.35 bits per heavy atom. The first-order valence-electron chi connectivity index (χ1n) is 11.6. The van der Waals surface area contributed by atoms with Gasteiger partial charge in [0.05, 0.1) is 28.1 Å². The molecule has 2 fully saturated rings. The molecule has 12 heteroatoms. The number of nitrogens with one attached hydrogen (secondary N) is 5. The molecule has 0 aliphatic carbocycles. The number of thiazole rings is 1. The number of para-hydroxylation sites is 2. The van der Waals surface area contributed by atoms with E-state index in [-0.39, 0.29) is 0 Å². The van der Waals surface area contributed by atoms with Crippen molar-refractivity contribution in [2.24, 2.45) is 9.98 Å². The van der Waals surface area contributed by atoms with Crippen molar-refractivity contribution < 1.29 is 0 Å². The van der Waals surface area contributed by atoms with Gasteiger partial charge in [0.2, 0.25) is 34.3 Å². The van der Waals surface area contributed by atoms with Gasteiger partial charge in [-0.05, 0) is 43.3 Å². The van der Waals surface area contributed by atoms with Crippen molar-refractivity contribution in [3.05, 3.63) is 95.5 Å². The minimum absolute atomic E-state index is 0.468. The molecule has 0 spiro atoms. The zero-order chi connectivity index (χ0) is 24.9. The number of hydrogen-bond acceptors (Lipinski definition) is 7. The van der Waals surface area contributed by atoms with E-state index in [0.717, 1.165) is 28.1 Å². The average Bonchev–Trinajstić information content (AvgIpc) is 3.66. The van der Waals surface area contributed by atoms with Gasteiger partial charge in [0.1, 0.15) is 0 Å². The Kier molecular flexibility index (Phi) is 4.69. The van der Waals surface area contributed by atoms with Gasteiger partial charge in [-0.1, -0.05) is 24.3 Å². The molecule has 6 heterocycles. The molecule has 0 saturated carbocycles. The number of fused-ring (bicyclic) bond motifs is 2. The lowest BCUT2D eigenvalue weighted by atomic mass is 9.88. The van der Waals surface area contributed by atoms with Crippen LogP contribution in [0.4, 0.5) is 11.1 Å². The second-order valence-electron chi connectivity index (χ2n) is 8.70. The molecule has 2 aliphatic heterocycles. The highest BCUT2D eigenvalue weighted by Gasteiger charge is 2.67. The molecule has 0 bridgehead atoms. The molecule has 2 unspecified atom stereocenters. The lowest BCUT2D eigenvalue weighted by molar-refractivity contribution is 0.197. The number of imidazole rings is 1. The largest absolute Gasteiger partial charge is 0.324 e. The van der Waals surface area contributed by atoms with Crippen LogP contribution in [0, 0.1) is 6.92 Å². The number of rotatable bonds is 4. The highest BCUT2D eigenvalue weighted by Crippen LogP contribution is 2.42.